The Hall–Kier alpha value is -0.780. The molecule has 0 aromatic rings. The molecule has 1 aliphatic heterocycles. The number of carbonyl (C=O) groups is 1. The van der Waals surface area contributed by atoms with Gasteiger partial charge in [0.1, 0.15) is 0 Å². The number of nitrogens with one attached hydrogen (secondary N) is 2. The van der Waals surface area contributed by atoms with E-state index in [9.17, 15) is 18.0 Å². The monoisotopic (exact) mass is 238 g/mol. The molecule has 1 saturated heterocycles. The molecule has 0 radical (unpaired) electrons. The molecule has 16 heavy (non-hydrogen) atoms. The third kappa shape index (κ3) is 5.95. The largest absolute Gasteiger partial charge is 0.389 e. The Bertz CT molecular complexity index is 231. The highest BCUT2D eigenvalue weighted by atomic mass is 19.4. The molecule has 0 aromatic carbocycles. The van der Waals surface area contributed by atoms with Gasteiger partial charge in [-0.3, -0.25) is 4.79 Å². The molecule has 1 rings (SSSR count). The van der Waals surface area contributed by atoms with E-state index in [0.29, 0.717) is 19.5 Å². The number of halogens is 3. The van der Waals surface area contributed by atoms with Crippen molar-refractivity contribution in [2.45, 2.75) is 44.3 Å². The van der Waals surface area contributed by atoms with Crippen LogP contribution in [0.5, 0.6) is 0 Å². The lowest BCUT2D eigenvalue weighted by Crippen LogP contribution is -2.33. The summed E-state index contributed by atoms with van der Waals surface area (Å²) in [7, 11) is 0. The standard InChI is InChI=1S/C10H17F3N2O/c11-10(12,13)4-2-6-14-8-3-1-5-15-9(16)7-8/h8,14H,1-7H2,(H,15,16). The zero-order valence-electron chi connectivity index (χ0n) is 9.07. The van der Waals surface area contributed by atoms with E-state index in [4.69, 9.17) is 0 Å². The van der Waals surface area contributed by atoms with E-state index in [1.54, 1.807) is 0 Å². The van der Waals surface area contributed by atoms with Gasteiger partial charge in [-0.05, 0) is 25.8 Å². The van der Waals surface area contributed by atoms with E-state index < -0.39 is 12.6 Å². The summed E-state index contributed by atoms with van der Waals surface area (Å²) in [6.45, 7) is 0.983. The molecule has 0 saturated carbocycles. The van der Waals surface area contributed by atoms with Gasteiger partial charge in [0.25, 0.3) is 0 Å². The Kier molecular flexibility index (Phi) is 5.05. The lowest BCUT2D eigenvalue weighted by Gasteiger charge is -2.15. The van der Waals surface area contributed by atoms with Gasteiger partial charge < -0.3 is 10.6 Å². The number of alkyl halides is 3. The van der Waals surface area contributed by atoms with Crippen LogP contribution in [0.4, 0.5) is 13.2 Å². The van der Waals surface area contributed by atoms with Gasteiger partial charge in [-0.2, -0.15) is 13.2 Å². The van der Waals surface area contributed by atoms with Crippen molar-refractivity contribution in [1.29, 1.82) is 0 Å². The summed E-state index contributed by atoms with van der Waals surface area (Å²) in [6.07, 6.45) is -2.69. The Labute approximate surface area is 92.8 Å². The first-order chi connectivity index (χ1) is 7.47. The molecule has 0 spiro atoms. The SMILES string of the molecule is O=C1CC(NCCCC(F)(F)F)CCCN1. The average molecular weight is 238 g/mol. The fraction of sp³-hybridized carbons (Fsp3) is 0.900. The van der Waals surface area contributed by atoms with Crippen LogP contribution in [0, 0.1) is 0 Å². The van der Waals surface area contributed by atoms with Crippen LogP contribution in [0.2, 0.25) is 0 Å². The molecule has 6 heteroatoms. The summed E-state index contributed by atoms with van der Waals surface area (Å²) >= 11 is 0. The Morgan fingerprint density at radius 1 is 1.44 bits per heavy atom. The van der Waals surface area contributed by atoms with Gasteiger partial charge in [0.2, 0.25) is 5.91 Å². The smallest absolute Gasteiger partial charge is 0.356 e. The van der Waals surface area contributed by atoms with Gasteiger partial charge in [0, 0.05) is 25.4 Å². The Balaban J connectivity index is 2.14. The van der Waals surface area contributed by atoms with Crippen LogP contribution in [0.3, 0.4) is 0 Å². The second kappa shape index (κ2) is 6.08. The van der Waals surface area contributed by atoms with Crippen molar-refractivity contribution in [1.82, 2.24) is 10.6 Å². The highest BCUT2D eigenvalue weighted by molar-refractivity contribution is 5.76. The van der Waals surface area contributed by atoms with E-state index in [1.807, 2.05) is 0 Å². The molecule has 1 fully saturated rings. The fourth-order valence-electron chi connectivity index (χ4n) is 1.74. The Morgan fingerprint density at radius 3 is 2.88 bits per heavy atom. The zero-order valence-corrected chi connectivity index (χ0v) is 9.07. The van der Waals surface area contributed by atoms with Gasteiger partial charge in [-0.1, -0.05) is 0 Å². The third-order valence-electron chi connectivity index (χ3n) is 2.55. The summed E-state index contributed by atoms with van der Waals surface area (Å²) in [5.41, 5.74) is 0. The molecule has 94 valence electrons. The minimum atomic E-state index is -4.08. The van der Waals surface area contributed by atoms with Gasteiger partial charge in [-0.15, -0.1) is 0 Å². The van der Waals surface area contributed by atoms with Gasteiger partial charge in [0.05, 0.1) is 0 Å². The van der Waals surface area contributed by atoms with Gasteiger partial charge in [0.15, 0.2) is 0 Å². The van der Waals surface area contributed by atoms with Crippen LogP contribution in [-0.2, 0) is 4.79 Å². The molecule has 1 atom stereocenters. The van der Waals surface area contributed by atoms with Crippen molar-refractivity contribution in [2.24, 2.45) is 0 Å². The number of rotatable bonds is 4. The van der Waals surface area contributed by atoms with Crippen LogP contribution in [0.1, 0.15) is 32.1 Å². The molecular formula is C10H17F3N2O. The van der Waals surface area contributed by atoms with Crippen molar-refractivity contribution >= 4 is 5.91 Å². The minimum absolute atomic E-state index is 0.0224. The number of hydrogen-bond donors (Lipinski definition) is 2. The highest BCUT2D eigenvalue weighted by Crippen LogP contribution is 2.20. The van der Waals surface area contributed by atoms with Crippen LogP contribution in [0.15, 0.2) is 0 Å². The maximum Gasteiger partial charge on any atom is 0.389 e. The topological polar surface area (TPSA) is 41.1 Å². The first-order valence-corrected chi connectivity index (χ1v) is 5.54. The van der Waals surface area contributed by atoms with Crippen LogP contribution >= 0.6 is 0 Å². The van der Waals surface area contributed by atoms with Crippen molar-refractivity contribution in [3.8, 4) is 0 Å². The first kappa shape index (κ1) is 13.3. The Morgan fingerprint density at radius 2 is 2.19 bits per heavy atom. The van der Waals surface area contributed by atoms with Crippen molar-refractivity contribution in [3.63, 3.8) is 0 Å². The lowest BCUT2D eigenvalue weighted by molar-refractivity contribution is -0.135. The van der Waals surface area contributed by atoms with E-state index in [1.165, 1.54) is 0 Å². The molecule has 0 aromatic heterocycles. The van der Waals surface area contributed by atoms with E-state index in [2.05, 4.69) is 10.6 Å². The van der Waals surface area contributed by atoms with Crippen LogP contribution in [-0.4, -0.2) is 31.2 Å². The van der Waals surface area contributed by atoms with E-state index >= 15 is 0 Å². The number of carbonyl (C=O) groups excluding carboxylic acids is 1. The highest BCUT2D eigenvalue weighted by Gasteiger charge is 2.26. The van der Waals surface area contributed by atoms with E-state index in [0.717, 1.165) is 12.8 Å². The maximum atomic E-state index is 11.9. The second-order valence-electron chi connectivity index (χ2n) is 4.07. The van der Waals surface area contributed by atoms with E-state index in [-0.39, 0.29) is 18.4 Å². The average Bonchev–Trinajstić information content (AvgIpc) is 2.36. The minimum Gasteiger partial charge on any atom is -0.356 e. The molecule has 1 unspecified atom stereocenters. The quantitative estimate of drug-likeness (QED) is 0.730. The summed E-state index contributed by atoms with van der Waals surface area (Å²) in [5.74, 6) is -0.0224. The summed E-state index contributed by atoms with van der Waals surface area (Å²) in [6, 6.07) is 0.0238. The summed E-state index contributed by atoms with van der Waals surface area (Å²) in [4.78, 5) is 11.2. The summed E-state index contributed by atoms with van der Waals surface area (Å²) < 4.78 is 35.6. The number of hydrogen-bond acceptors (Lipinski definition) is 2. The molecular weight excluding hydrogens is 221 g/mol. The predicted molar refractivity (Wildman–Crippen MR) is 53.9 cm³/mol. The molecule has 1 heterocycles. The summed E-state index contributed by atoms with van der Waals surface area (Å²) in [5, 5.41) is 5.73. The fourth-order valence-corrected chi connectivity index (χ4v) is 1.74. The normalized spacial score (nSPS) is 22.7. The van der Waals surface area contributed by atoms with Gasteiger partial charge >= 0.3 is 6.18 Å². The first-order valence-electron chi connectivity index (χ1n) is 5.54. The zero-order chi connectivity index (χ0) is 12.0. The third-order valence-corrected chi connectivity index (χ3v) is 2.55. The van der Waals surface area contributed by atoms with Crippen LogP contribution < -0.4 is 10.6 Å². The lowest BCUT2D eigenvalue weighted by atomic mass is 10.1. The molecule has 1 aliphatic rings. The van der Waals surface area contributed by atoms with Crippen molar-refractivity contribution in [2.75, 3.05) is 13.1 Å². The van der Waals surface area contributed by atoms with Crippen molar-refractivity contribution in [3.05, 3.63) is 0 Å². The van der Waals surface area contributed by atoms with Crippen LogP contribution in [0.25, 0.3) is 0 Å². The molecule has 3 nitrogen and oxygen atoms in total. The molecule has 0 bridgehead atoms. The molecule has 1 amide bonds. The van der Waals surface area contributed by atoms with Crippen molar-refractivity contribution < 1.29 is 18.0 Å². The number of amides is 1. The van der Waals surface area contributed by atoms with Gasteiger partial charge in [-0.25, -0.2) is 0 Å². The molecule has 2 N–H and O–H groups in total. The second-order valence-corrected chi connectivity index (χ2v) is 4.07. The molecule has 0 aliphatic carbocycles. The maximum absolute atomic E-state index is 11.9. The predicted octanol–water partition coefficient (Wildman–Crippen LogP) is 1.59.